The molecular formula is C49H98NO9P. The predicted molar refractivity (Wildman–Crippen MR) is 249 cm³/mol. The molecule has 0 bridgehead atoms. The number of esters is 1. The minimum Gasteiger partial charge on any atom is -0.480 e. The van der Waals surface area contributed by atoms with Crippen molar-refractivity contribution in [2.24, 2.45) is 5.73 Å². The van der Waals surface area contributed by atoms with Crippen molar-refractivity contribution in [3.8, 4) is 0 Å². The number of phosphoric acid groups is 1. The molecule has 358 valence electrons. The van der Waals surface area contributed by atoms with E-state index in [0.717, 1.165) is 38.5 Å². The predicted octanol–water partition coefficient (Wildman–Crippen LogP) is 14.7. The summed E-state index contributed by atoms with van der Waals surface area (Å²) in [6.07, 6.45) is 48.7. The van der Waals surface area contributed by atoms with Gasteiger partial charge < -0.3 is 25.2 Å². The highest BCUT2D eigenvalue weighted by Gasteiger charge is 2.27. The number of carbonyl (C=O) groups is 2. The highest BCUT2D eigenvalue weighted by Crippen LogP contribution is 2.43. The van der Waals surface area contributed by atoms with Crippen molar-refractivity contribution in [1.29, 1.82) is 0 Å². The van der Waals surface area contributed by atoms with E-state index in [2.05, 4.69) is 13.8 Å². The molecule has 0 spiro atoms. The molecule has 0 aromatic carbocycles. The largest absolute Gasteiger partial charge is 0.480 e. The molecular weight excluding hydrogens is 778 g/mol. The highest BCUT2D eigenvalue weighted by atomic mass is 31.2. The molecule has 10 nitrogen and oxygen atoms in total. The van der Waals surface area contributed by atoms with Gasteiger partial charge >= 0.3 is 19.8 Å². The second-order valence-corrected chi connectivity index (χ2v) is 19.1. The van der Waals surface area contributed by atoms with Gasteiger partial charge in [0.2, 0.25) is 0 Å². The van der Waals surface area contributed by atoms with Crippen LogP contribution >= 0.6 is 7.82 Å². The van der Waals surface area contributed by atoms with Gasteiger partial charge in [-0.25, -0.2) is 4.57 Å². The van der Waals surface area contributed by atoms with Crippen LogP contribution in [0, 0.1) is 0 Å². The van der Waals surface area contributed by atoms with Crippen molar-refractivity contribution in [2.45, 2.75) is 276 Å². The van der Waals surface area contributed by atoms with Crippen molar-refractivity contribution in [3.63, 3.8) is 0 Å². The maximum absolute atomic E-state index is 12.7. The lowest BCUT2D eigenvalue weighted by Crippen LogP contribution is -2.34. The van der Waals surface area contributed by atoms with Crippen LogP contribution in [0.25, 0.3) is 0 Å². The monoisotopic (exact) mass is 876 g/mol. The first-order valence-electron chi connectivity index (χ1n) is 25.6. The smallest absolute Gasteiger partial charge is 0.472 e. The normalized spacial score (nSPS) is 13.7. The van der Waals surface area contributed by atoms with E-state index in [9.17, 15) is 19.0 Å². The zero-order valence-corrected chi connectivity index (χ0v) is 40.2. The molecule has 60 heavy (non-hydrogen) atoms. The second-order valence-electron chi connectivity index (χ2n) is 17.7. The average Bonchev–Trinajstić information content (AvgIpc) is 3.23. The number of aliphatic carboxylic acids is 1. The molecule has 0 saturated carbocycles. The van der Waals surface area contributed by atoms with Gasteiger partial charge in [0.1, 0.15) is 12.1 Å². The summed E-state index contributed by atoms with van der Waals surface area (Å²) in [4.78, 5) is 33.7. The summed E-state index contributed by atoms with van der Waals surface area (Å²) in [6, 6.07) is -1.47. The van der Waals surface area contributed by atoms with Crippen molar-refractivity contribution >= 4 is 19.8 Å². The lowest BCUT2D eigenvalue weighted by Gasteiger charge is -2.20. The minimum absolute atomic E-state index is 0.0263. The fraction of sp³-hybridized carbons (Fsp3) is 0.959. The molecule has 0 radical (unpaired) electrons. The Morgan fingerprint density at radius 1 is 0.467 bits per heavy atom. The third-order valence-corrected chi connectivity index (χ3v) is 12.6. The number of unbranched alkanes of at least 4 members (excludes halogenated alkanes) is 36. The van der Waals surface area contributed by atoms with Gasteiger partial charge in [-0.3, -0.25) is 18.6 Å². The lowest BCUT2D eigenvalue weighted by atomic mass is 10.0. The third-order valence-electron chi connectivity index (χ3n) is 11.6. The van der Waals surface area contributed by atoms with E-state index in [1.54, 1.807) is 0 Å². The first kappa shape index (κ1) is 59.0. The molecule has 0 aliphatic rings. The molecule has 11 heteroatoms. The summed E-state index contributed by atoms with van der Waals surface area (Å²) in [7, 11) is -4.61. The number of phosphoric ester groups is 1. The maximum Gasteiger partial charge on any atom is 0.472 e. The van der Waals surface area contributed by atoms with Crippen LogP contribution in [0.4, 0.5) is 0 Å². The van der Waals surface area contributed by atoms with Crippen molar-refractivity contribution in [3.05, 3.63) is 0 Å². The molecule has 0 amide bonds. The van der Waals surface area contributed by atoms with E-state index in [0.29, 0.717) is 6.61 Å². The second kappa shape index (κ2) is 46.0. The van der Waals surface area contributed by atoms with Gasteiger partial charge in [0.25, 0.3) is 0 Å². The standard InChI is InChI=1S/C49H98NO9P/c1-3-5-7-9-11-13-15-17-19-21-22-23-24-25-26-27-29-31-33-35-37-39-41-48(51)59-46(44-57-60(54,55)58-45-47(50)49(52)53)43-56-42-40-38-36-34-32-30-28-20-18-16-14-12-10-8-6-4-2/h46-47H,3-45,50H2,1-2H3,(H,52,53)(H,54,55). The average molecular weight is 876 g/mol. The molecule has 0 aromatic rings. The van der Waals surface area contributed by atoms with Crippen molar-refractivity contribution in [1.82, 2.24) is 0 Å². The molecule has 0 heterocycles. The van der Waals surface area contributed by atoms with E-state index in [1.807, 2.05) is 0 Å². The number of rotatable bonds is 50. The van der Waals surface area contributed by atoms with Crippen LogP contribution in [0.5, 0.6) is 0 Å². The van der Waals surface area contributed by atoms with Gasteiger partial charge in [-0.1, -0.05) is 245 Å². The maximum atomic E-state index is 12.7. The quantitative estimate of drug-likeness (QED) is 0.0306. The fourth-order valence-corrected chi connectivity index (χ4v) is 8.44. The molecule has 0 aliphatic heterocycles. The van der Waals surface area contributed by atoms with Gasteiger partial charge in [-0.2, -0.15) is 0 Å². The van der Waals surface area contributed by atoms with Crippen LogP contribution in [0.3, 0.4) is 0 Å². The van der Waals surface area contributed by atoms with E-state index >= 15 is 0 Å². The molecule has 3 atom stereocenters. The van der Waals surface area contributed by atoms with Crippen LogP contribution in [0.1, 0.15) is 264 Å². The Morgan fingerprint density at radius 2 is 0.767 bits per heavy atom. The van der Waals surface area contributed by atoms with E-state index in [-0.39, 0.29) is 13.0 Å². The van der Waals surface area contributed by atoms with Crippen LogP contribution in [0.15, 0.2) is 0 Å². The Hall–Kier alpha value is -1.03. The van der Waals surface area contributed by atoms with Gasteiger partial charge in [0.05, 0.1) is 19.8 Å². The van der Waals surface area contributed by atoms with E-state index in [4.69, 9.17) is 29.4 Å². The first-order valence-corrected chi connectivity index (χ1v) is 27.1. The van der Waals surface area contributed by atoms with Crippen molar-refractivity contribution < 1.29 is 42.7 Å². The SMILES string of the molecule is CCCCCCCCCCCCCCCCCCCCCCCCC(=O)OC(COCCCCCCCCCCCCCCCCCC)COP(=O)(O)OCC(N)C(=O)O. The zero-order chi connectivity index (χ0) is 44.0. The Labute approximate surface area is 370 Å². The number of nitrogens with two attached hydrogens (primary N) is 1. The first-order chi connectivity index (χ1) is 29.2. The summed E-state index contributed by atoms with van der Waals surface area (Å²) < 4.78 is 33.5. The minimum atomic E-state index is -4.61. The summed E-state index contributed by atoms with van der Waals surface area (Å²) in [6.45, 7) is 3.96. The summed E-state index contributed by atoms with van der Waals surface area (Å²) in [5, 5.41) is 8.92. The molecule has 0 fully saturated rings. The zero-order valence-electron chi connectivity index (χ0n) is 39.3. The third kappa shape index (κ3) is 45.0. The Bertz CT molecular complexity index is 971. The van der Waals surface area contributed by atoms with Crippen molar-refractivity contribution in [2.75, 3.05) is 26.4 Å². The van der Waals surface area contributed by atoms with Gasteiger partial charge in [-0.15, -0.1) is 0 Å². The van der Waals surface area contributed by atoms with Gasteiger partial charge in [-0.05, 0) is 12.8 Å². The number of hydrogen-bond acceptors (Lipinski definition) is 8. The highest BCUT2D eigenvalue weighted by molar-refractivity contribution is 7.47. The molecule has 0 saturated heterocycles. The molecule has 3 unspecified atom stereocenters. The van der Waals surface area contributed by atoms with Crippen LogP contribution < -0.4 is 5.73 Å². The molecule has 4 N–H and O–H groups in total. The Balaban J connectivity index is 4.07. The Kier molecular flexibility index (Phi) is 45.2. The number of carboxylic acids is 1. The summed E-state index contributed by atoms with van der Waals surface area (Å²) >= 11 is 0. The van der Waals surface area contributed by atoms with Crippen LogP contribution in [-0.2, 0) is 32.7 Å². The molecule has 0 rings (SSSR count). The van der Waals surface area contributed by atoms with Crippen LogP contribution in [-0.4, -0.2) is 60.5 Å². The Morgan fingerprint density at radius 3 is 1.10 bits per heavy atom. The number of carbonyl (C=O) groups excluding carboxylic acids is 1. The lowest BCUT2D eigenvalue weighted by molar-refractivity contribution is -0.154. The van der Waals surface area contributed by atoms with Crippen LogP contribution in [0.2, 0.25) is 0 Å². The number of ether oxygens (including phenoxy) is 2. The van der Waals surface area contributed by atoms with E-state index < -0.39 is 45.1 Å². The van der Waals surface area contributed by atoms with E-state index in [1.165, 1.54) is 205 Å². The topological polar surface area (TPSA) is 155 Å². The summed E-state index contributed by atoms with van der Waals surface area (Å²) in [5.41, 5.74) is 5.37. The molecule has 0 aliphatic carbocycles. The number of hydrogen-bond donors (Lipinski definition) is 3. The number of carboxylic acid groups (broad SMARTS) is 1. The van der Waals surface area contributed by atoms with Gasteiger partial charge in [0, 0.05) is 13.0 Å². The fourth-order valence-electron chi connectivity index (χ4n) is 7.67. The summed E-state index contributed by atoms with van der Waals surface area (Å²) in [5.74, 6) is -1.76. The molecule has 0 aromatic heterocycles. The van der Waals surface area contributed by atoms with Gasteiger partial charge in [0.15, 0.2) is 0 Å².